The van der Waals surface area contributed by atoms with Crippen LogP contribution in [0.15, 0.2) is 96.1 Å². The molecule has 0 aliphatic heterocycles. The number of rotatable bonds is 22. The molecule has 0 N–H and O–H groups in total. The van der Waals surface area contributed by atoms with E-state index in [4.69, 9.17) is 0 Å². The molecule has 4 aromatic carbocycles. The second kappa shape index (κ2) is 20.3. The predicted octanol–water partition coefficient (Wildman–Crippen LogP) is 15.8. The van der Waals surface area contributed by atoms with Gasteiger partial charge in [0.05, 0.1) is 0 Å². The molecule has 2 aliphatic carbocycles. The van der Waals surface area contributed by atoms with Gasteiger partial charge in [-0.2, -0.15) is 0 Å². The summed E-state index contributed by atoms with van der Waals surface area (Å²) in [6.45, 7) is 9.27. The van der Waals surface area contributed by atoms with E-state index in [1.807, 2.05) is 0 Å². The highest BCUT2D eigenvalue weighted by atomic mass is 28.2. The Kier molecular flexibility index (Phi) is 15.1. The van der Waals surface area contributed by atoms with E-state index in [1.54, 1.807) is 22.3 Å². The van der Waals surface area contributed by atoms with Crippen molar-refractivity contribution in [3.05, 3.63) is 129 Å². The highest BCUT2D eigenvalue weighted by molar-refractivity contribution is 6.36. The van der Waals surface area contributed by atoms with Crippen molar-refractivity contribution in [2.45, 2.75) is 154 Å². The van der Waals surface area contributed by atoms with E-state index >= 15 is 0 Å². The molecular formula is C52H66Si. The Morgan fingerprint density at radius 1 is 0.415 bits per heavy atom. The van der Waals surface area contributed by atoms with Gasteiger partial charge in [0, 0.05) is 21.4 Å². The molecule has 2 unspecified atom stereocenters. The van der Waals surface area contributed by atoms with Gasteiger partial charge in [0.15, 0.2) is 0 Å². The number of fused-ring (bicyclic) bond motifs is 2. The van der Waals surface area contributed by atoms with Crippen molar-refractivity contribution in [1.82, 2.24) is 0 Å². The van der Waals surface area contributed by atoms with Crippen LogP contribution in [0.2, 0.25) is 12.1 Å². The molecule has 2 radical (unpaired) electrons. The average molecular weight is 719 g/mol. The van der Waals surface area contributed by atoms with Crippen LogP contribution in [0.5, 0.6) is 0 Å². The smallest absolute Gasteiger partial charge is 0.0397 e. The van der Waals surface area contributed by atoms with Gasteiger partial charge < -0.3 is 0 Å². The van der Waals surface area contributed by atoms with Gasteiger partial charge in [-0.15, -0.1) is 0 Å². The molecule has 6 rings (SSSR count). The molecular weight excluding hydrogens is 653 g/mol. The summed E-state index contributed by atoms with van der Waals surface area (Å²) in [6, 6.07) is 35.9. The molecule has 0 saturated carbocycles. The largest absolute Gasteiger partial charge is 0.0654 e. The van der Waals surface area contributed by atoms with E-state index in [2.05, 4.69) is 125 Å². The van der Waals surface area contributed by atoms with Crippen molar-refractivity contribution in [2.24, 2.45) is 0 Å². The number of allylic oxidation sites excluding steroid dienone is 2. The molecule has 4 aromatic rings. The molecule has 0 aromatic heterocycles. The van der Waals surface area contributed by atoms with E-state index in [-0.39, 0.29) is 0 Å². The summed E-state index contributed by atoms with van der Waals surface area (Å²) in [7, 11) is 0.946. The fourth-order valence-electron chi connectivity index (χ4n) is 8.89. The van der Waals surface area contributed by atoms with Gasteiger partial charge in [-0.05, 0) is 107 Å². The van der Waals surface area contributed by atoms with Gasteiger partial charge >= 0.3 is 0 Å². The summed E-state index contributed by atoms with van der Waals surface area (Å²) < 4.78 is 0. The Morgan fingerprint density at radius 3 is 1.23 bits per heavy atom. The number of benzene rings is 4. The molecule has 0 saturated heterocycles. The molecule has 0 amide bonds. The summed E-state index contributed by atoms with van der Waals surface area (Å²) in [4.78, 5) is 0. The molecule has 278 valence electrons. The summed E-state index contributed by atoms with van der Waals surface area (Å²) >= 11 is 0. The molecule has 1 heteroatoms. The number of aryl methyl sites for hydroxylation is 2. The zero-order valence-electron chi connectivity index (χ0n) is 33.6. The summed E-state index contributed by atoms with van der Waals surface area (Å²) in [6.07, 6.45) is 25.7. The standard InChI is InChI=1S/C52H66Si/c1-5-9-13-15-19-39-27-31-41(32-28-39)45-23-17-25-47-49(45)35-43(21-11-7-3)51(47)37-53-38-52-44(22-12-8-4)36-50-46(24-18-26-48(50)52)42-33-29-40(30-34-42)20-16-14-10-6-2/h17-18,23-36,51-52H,5-16,19-22,37-38H2,1-4H3. The molecule has 0 spiro atoms. The Hall–Kier alpha value is -3.42. The Morgan fingerprint density at radius 2 is 0.830 bits per heavy atom. The zero-order valence-corrected chi connectivity index (χ0v) is 34.6. The van der Waals surface area contributed by atoms with Gasteiger partial charge in [-0.1, -0.05) is 199 Å². The molecule has 53 heavy (non-hydrogen) atoms. The van der Waals surface area contributed by atoms with Gasteiger partial charge in [0.1, 0.15) is 0 Å². The molecule has 0 fully saturated rings. The fourth-order valence-corrected chi connectivity index (χ4v) is 10.6. The van der Waals surface area contributed by atoms with Crippen molar-refractivity contribution < 1.29 is 0 Å². The molecule has 0 bridgehead atoms. The SMILES string of the molecule is CCCCCCc1ccc(-c2cccc3c2C=C(CCCC)C3C[Si]CC2C(CCCC)=Cc3c(-c4ccc(CCCCCC)cc4)cccc32)cc1. The maximum atomic E-state index is 2.61. The number of hydrogen-bond acceptors (Lipinski definition) is 0. The minimum absolute atomic E-state index is 0.559. The summed E-state index contributed by atoms with van der Waals surface area (Å²) in [5, 5.41) is 0. The average Bonchev–Trinajstić information content (AvgIpc) is 3.74. The van der Waals surface area contributed by atoms with Gasteiger partial charge in [-0.25, -0.2) is 0 Å². The summed E-state index contributed by atoms with van der Waals surface area (Å²) in [5.41, 5.74) is 18.1. The van der Waals surface area contributed by atoms with Crippen LogP contribution in [0.3, 0.4) is 0 Å². The lowest BCUT2D eigenvalue weighted by molar-refractivity contribution is 0.667. The fraction of sp³-hybridized carbons (Fsp3) is 0.462. The highest BCUT2D eigenvalue weighted by Crippen LogP contribution is 2.48. The van der Waals surface area contributed by atoms with E-state index in [0.717, 1.165) is 9.52 Å². The Balaban J connectivity index is 1.18. The number of unbranched alkanes of at least 4 members (excludes halogenated alkanes) is 8. The van der Waals surface area contributed by atoms with Crippen molar-refractivity contribution >= 4 is 21.7 Å². The minimum atomic E-state index is 0.559. The van der Waals surface area contributed by atoms with Crippen molar-refractivity contribution in [1.29, 1.82) is 0 Å². The van der Waals surface area contributed by atoms with Crippen LogP contribution in [-0.4, -0.2) is 9.52 Å². The van der Waals surface area contributed by atoms with E-state index in [1.165, 1.54) is 159 Å². The van der Waals surface area contributed by atoms with Crippen molar-refractivity contribution in [2.75, 3.05) is 0 Å². The highest BCUT2D eigenvalue weighted by Gasteiger charge is 2.30. The quantitative estimate of drug-likeness (QED) is 0.0561. The zero-order chi connectivity index (χ0) is 36.8. The second-order valence-corrected chi connectivity index (χ2v) is 17.4. The van der Waals surface area contributed by atoms with Crippen LogP contribution in [0.4, 0.5) is 0 Å². The third-order valence-electron chi connectivity index (χ3n) is 12.1. The van der Waals surface area contributed by atoms with Gasteiger partial charge in [0.25, 0.3) is 0 Å². The first-order valence-electron chi connectivity index (χ1n) is 21.7. The molecule has 2 atom stereocenters. The van der Waals surface area contributed by atoms with Crippen LogP contribution < -0.4 is 0 Å². The summed E-state index contributed by atoms with van der Waals surface area (Å²) in [5.74, 6) is 1.12. The Labute approximate surface area is 326 Å². The molecule has 0 nitrogen and oxygen atoms in total. The first-order chi connectivity index (χ1) is 26.1. The lowest BCUT2D eigenvalue weighted by Crippen LogP contribution is -2.08. The normalized spacial score (nSPS) is 16.1. The van der Waals surface area contributed by atoms with Crippen LogP contribution in [-0.2, 0) is 12.8 Å². The van der Waals surface area contributed by atoms with E-state index in [9.17, 15) is 0 Å². The third kappa shape index (κ3) is 10.0. The first kappa shape index (κ1) is 39.3. The lowest BCUT2D eigenvalue weighted by atomic mass is 9.91. The molecule has 0 heterocycles. The lowest BCUT2D eigenvalue weighted by Gasteiger charge is -2.21. The monoisotopic (exact) mass is 718 g/mol. The van der Waals surface area contributed by atoms with E-state index < -0.39 is 0 Å². The van der Waals surface area contributed by atoms with Gasteiger partial charge in [-0.3, -0.25) is 0 Å². The third-order valence-corrected chi connectivity index (χ3v) is 13.5. The predicted molar refractivity (Wildman–Crippen MR) is 235 cm³/mol. The van der Waals surface area contributed by atoms with Crippen LogP contribution in [0.1, 0.15) is 163 Å². The van der Waals surface area contributed by atoms with Crippen LogP contribution >= 0.6 is 0 Å². The topological polar surface area (TPSA) is 0 Å². The van der Waals surface area contributed by atoms with Crippen molar-refractivity contribution in [3.8, 4) is 22.3 Å². The van der Waals surface area contributed by atoms with E-state index in [0.29, 0.717) is 11.8 Å². The van der Waals surface area contributed by atoms with Crippen molar-refractivity contribution in [3.63, 3.8) is 0 Å². The minimum Gasteiger partial charge on any atom is -0.0654 e. The van der Waals surface area contributed by atoms with Crippen LogP contribution in [0, 0.1) is 0 Å². The first-order valence-corrected chi connectivity index (χ1v) is 23.1. The second-order valence-electron chi connectivity index (χ2n) is 16.0. The Bertz CT molecular complexity index is 1650. The molecule has 2 aliphatic rings. The van der Waals surface area contributed by atoms with Gasteiger partial charge in [0.2, 0.25) is 0 Å². The van der Waals surface area contributed by atoms with Crippen LogP contribution in [0.25, 0.3) is 34.4 Å². The maximum absolute atomic E-state index is 2.61. The maximum Gasteiger partial charge on any atom is 0.0397 e. The number of hydrogen-bond donors (Lipinski definition) is 0.